The number of imide groups is 1. The Labute approximate surface area is 122 Å². The molecule has 2 amide bonds. The number of aliphatic hydroxyl groups is 2. The number of amides is 2. The second-order valence-corrected chi connectivity index (χ2v) is 5.96. The number of hydrogen-bond donors (Lipinski definition) is 2. The Balaban J connectivity index is 1.86. The largest absolute Gasteiger partial charge is 0.394 e. The van der Waals surface area contributed by atoms with E-state index in [0.29, 0.717) is 12.0 Å². The van der Waals surface area contributed by atoms with Crippen LogP contribution in [0.4, 0.5) is 0 Å². The number of carbonyl (C=O) groups excluding carboxylic acids is 2. The van der Waals surface area contributed by atoms with Gasteiger partial charge >= 0.3 is 0 Å². The monoisotopic (exact) mass is 293 g/mol. The van der Waals surface area contributed by atoms with Crippen LogP contribution in [-0.4, -0.2) is 51.8 Å². The number of allylic oxidation sites excluding steroid dienone is 2. The summed E-state index contributed by atoms with van der Waals surface area (Å²) in [7, 11) is 0. The van der Waals surface area contributed by atoms with Crippen molar-refractivity contribution in [3.05, 3.63) is 22.9 Å². The zero-order valence-electron chi connectivity index (χ0n) is 12.1. The van der Waals surface area contributed by atoms with E-state index in [1.54, 1.807) is 13.0 Å². The Hall–Kier alpha value is -1.50. The molecule has 0 aromatic heterocycles. The highest BCUT2D eigenvalue weighted by Crippen LogP contribution is 2.39. The van der Waals surface area contributed by atoms with Crippen molar-refractivity contribution in [2.24, 2.45) is 5.92 Å². The average molecular weight is 293 g/mol. The maximum absolute atomic E-state index is 12.6. The second kappa shape index (κ2) is 5.05. The van der Waals surface area contributed by atoms with Crippen LogP contribution in [0.2, 0.25) is 0 Å². The van der Waals surface area contributed by atoms with Gasteiger partial charge in [0.2, 0.25) is 5.91 Å². The minimum absolute atomic E-state index is 0.277. The summed E-state index contributed by atoms with van der Waals surface area (Å²) < 4.78 is 5.57. The summed E-state index contributed by atoms with van der Waals surface area (Å²) in [4.78, 5) is 26.0. The lowest BCUT2D eigenvalue weighted by Gasteiger charge is -2.30. The molecule has 1 fully saturated rings. The van der Waals surface area contributed by atoms with Crippen molar-refractivity contribution in [2.75, 3.05) is 6.61 Å². The van der Waals surface area contributed by atoms with E-state index in [-0.39, 0.29) is 24.8 Å². The van der Waals surface area contributed by atoms with Crippen molar-refractivity contribution < 1.29 is 24.5 Å². The molecule has 0 aromatic rings. The van der Waals surface area contributed by atoms with E-state index < -0.39 is 24.2 Å². The molecule has 6 nitrogen and oxygen atoms in total. The molecule has 1 aliphatic carbocycles. The smallest absolute Gasteiger partial charge is 0.260 e. The third-order valence-electron chi connectivity index (χ3n) is 4.38. The van der Waals surface area contributed by atoms with Crippen LogP contribution >= 0.6 is 0 Å². The molecule has 0 spiro atoms. The topological polar surface area (TPSA) is 87.1 Å². The molecule has 4 atom stereocenters. The molecule has 3 rings (SSSR count). The first-order valence-corrected chi connectivity index (χ1v) is 7.13. The van der Waals surface area contributed by atoms with Crippen LogP contribution in [0.5, 0.6) is 0 Å². The number of rotatable bonds is 3. The van der Waals surface area contributed by atoms with Gasteiger partial charge in [-0.1, -0.05) is 6.08 Å². The van der Waals surface area contributed by atoms with Gasteiger partial charge in [-0.25, -0.2) is 4.90 Å². The Kier molecular flexibility index (Phi) is 3.47. The summed E-state index contributed by atoms with van der Waals surface area (Å²) >= 11 is 0. The maximum Gasteiger partial charge on any atom is 0.260 e. The summed E-state index contributed by atoms with van der Waals surface area (Å²) in [6, 6.07) is 0. The molecule has 0 aromatic carbocycles. The van der Waals surface area contributed by atoms with Crippen LogP contribution in [0.3, 0.4) is 0 Å². The second-order valence-electron chi connectivity index (χ2n) is 5.96. The lowest BCUT2D eigenvalue weighted by atomic mass is 9.91. The lowest BCUT2D eigenvalue weighted by Crippen LogP contribution is -2.45. The third-order valence-corrected chi connectivity index (χ3v) is 4.38. The van der Waals surface area contributed by atoms with E-state index in [0.717, 1.165) is 11.3 Å². The standard InChI is InChI=1S/C15H19NO5/c1-7-4-10(7)16-14(19)8(2)3-9(15(16)20)12-5-11(18)13(6-17)21-12/h3,9,11-13,17-18H,4-6H2,1-2H3. The molecule has 2 aliphatic heterocycles. The summed E-state index contributed by atoms with van der Waals surface area (Å²) in [6.07, 6.45) is 0.640. The van der Waals surface area contributed by atoms with Crippen LogP contribution in [0.25, 0.3) is 0 Å². The first-order valence-electron chi connectivity index (χ1n) is 7.13. The van der Waals surface area contributed by atoms with E-state index in [4.69, 9.17) is 9.84 Å². The molecule has 2 heterocycles. The normalized spacial score (nSPS) is 36.4. The van der Waals surface area contributed by atoms with E-state index in [2.05, 4.69) is 0 Å². The average Bonchev–Trinajstić information content (AvgIpc) is 3.02. The highest BCUT2D eigenvalue weighted by molar-refractivity contribution is 6.10. The van der Waals surface area contributed by atoms with Gasteiger partial charge in [-0.3, -0.25) is 9.59 Å². The summed E-state index contributed by atoms with van der Waals surface area (Å²) in [6.45, 7) is 3.30. The molecule has 3 aliphatic rings. The van der Waals surface area contributed by atoms with Crippen molar-refractivity contribution in [1.82, 2.24) is 4.90 Å². The minimum Gasteiger partial charge on any atom is -0.394 e. The van der Waals surface area contributed by atoms with Gasteiger partial charge in [0.25, 0.3) is 5.91 Å². The van der Waals surface area contributed by atoms with Gasteiger partial charge in [-0.2, -0.15) is 0 Å². The van der Waals surface area contributed by atoms with Gasteiger partial charge in [0.15, 0.2) is 0 Å². The molecule has 1 saturated heterocycles. The molecular formula is C15H19NO5. The number of aliphatic hydroxyl groups excluding tert-OH is 2. The van der Waals surface area contributed by atoms with Crippen LogP contribution in [-0.2, 0) is 14.3 Å². The highest BCUT2D eigenvalue weighted by Gasteiger charge is 2.46. The van der Waals surface area contributed by atoms with Crippen LogP contribution in [0, 0.1) is 5.92 Å². The predicted molar refractivity (Wildman–Crippen MR) is 72.8 cm³/mol. The fourth-order valence-electron chi connectivity index (χ4n) is 2.99. The van der Waals surface area contributed by atoms with E-state index >= 15 is 0 Å². The van der Waals surface area contributed by atoms with Gasteiger partial charge in [-0.15, -0.1) is 0 Å². The highest BCUT2D eigenvalue weighted by atomic mass is 16.5. The van der Waals surface area contributed by atoms with Crippen LogP contribution < -0.4 is 0 Å². The van der Waals surface area contributed by atoms with E-state index in [1.807, 2.05) is 6.92 Å². The number of carbonyl (C=O) groups is 2. The van der Waals surface area contributed by atoms with Crippen LogP contribution in [0.1, 0.15) is 26.7 Å². The molecule has 6 heteroatoms. The van der Waals surface area contributed by atoms with Gasteiger partial charge in [0.05, 0.1) is 24.7 Å². The summed E-state index contributed by atoms with van der Waals surface area (Å²) in [5.41, 5.74) is 2.34. The van der Waals surface area contributed by atoms with Gasteiger partial charge in [-0.05, 0) is 19.4 Å². The van der Waals surface area contributed by atoms with Crippen molar-refractivity contribution in [3.8, 4) is 0 Å². The van der Waals surface area contributed by atoms with Crippen LogP contribution in [0.15, 0.2) is 22.9 Å². The Morgan fingerprint density at radius 2 is 2.05 bits per heavy atom. The van der Waals surface area contributed by atoms with Crippen molar-refractivity contribution >= 4 is 11.8 Å². The zero-order valence-corrected chi connectivity index (χ0v) is 12.1. The molecular weight excluding hydrogens is 274 g/mol. The van der Waals surface area contributed by atoms with Gasteiger partial charge in [0, 0.05) is 24.1 Å². The van der Waals surface area contributed by atoms with Crippen molar-refractivity contribution in [2.45, 2.75) is 45.0 Å². The molecule has 21 heavy (non-hydrogen) atoms. The Bertz CT molecular complexity index is 564. The number of hydrogen-bond acceptors (Lipinski definition) is 5. The predicted octanol–water partition coefficient (Wildman–Crippen LogP) is 0.106. The van der Waals surface area contributed by atoms with E-state index in [1.165, 1.54) is 4.90 Å². The Morgan fingerprint density at radius 3 is 2.57 bits per heavy atom. The first-order chi connectivity index (χ1) is 9.93. The zero-order chi connectivity index (χ0) is 15.3. The van der Waals surface area contributed by atoms with Crippen molar-refractivity contribution in [1.29, 1.82) is 0 Å². The van der Waals surface area contributed by atoms with Crippen molar-refractivity contribution in [3.63, 3.8) is 0 Å². The lowest BCUT2D eigenvalue weighted by molar-refractivity contribution is -0.146. The van der Waals surface area contributed by atoms with Gasteiger partial charge in [0.1, 0.15) is 6.10 Å². The maximum atomic E-state index is 12.6. The SMILES string of the molecule is CC1=CC(C2CC(O)C(CO)O2)C(=O)N(C2=C(C)C2)C1=O. The Morgan fingerprint density at radius 1 is 1.38 bits per heavy atom. The molecule has 4 unspecified atom stereocenters. The molecule has 0 saturated carbocycles. The summed E-state index contributed by atoms with van der Waals surface area (Å²) in [5, 5.41) is 19.0. The fourth-order valence-corrected chi connectivity index (χ4v) is 2.99. The summed E-state index contributed by atoms with van der Waals surface area (Å²) in [5.74, 6) is -1.16. The first kappa shape index (κ1) is 14.4. The molecule has 0 bridgehead atoms. The third kappa shape index (κ3) is 2.33. The number of ether oxygens (including phenoxy) is 1. The quantitative estimate of drug-likeness (QED) is 0.721. The number of nitrogens with zero attached hydrogens (tertiary/aromatic N) is 1. The minimum atomic E-state index is -0.783. The van der Waals surface area contributed by atoms with Gasteiger partial charge < -0.3 is 14.9 Å². The molecule has 2 N–H and O–H groups in total. The van der Waals surface area contributed by atoms with E-state index in [9.17, 15) is 14.7 Å². The fraction of sp³-hybridized carbons (Fsp3) is 0.600. The molecule has 114 valence electrons. The molecule has 0 radical (unpaired) electrons.